The van der Waals surface area contributed by atoms with Crippen molar-refractivity contribution in [3.8, 4) is 0 Å². The number of methoxy groups -OCH3 is 1. The molecule has 0 atom stereocenters. The van der Waals surface area contributed by atoms with Crippen LogP contribution in [0.2, 0.25) is 0 Å². The average Bonchev–Trinajstić information content (AvgIpc) is 2.87. The van der Waals surface area contributed by atoms with E-state index in [9.17, 15) is 0 Å². The predicted molar refractivity (Wildman–Crippen MR) is 52.9 cm³/mol. The first-order valence-electron chi connectivity index (χ1n) is 5.19. The molecule has 1 aliphatic heterocycles. The maximum absolute atomic E-state index is 5.29. The first kappa shape index (κ1) is 9.44. The molecular formula is C10H20N2O. The lowest BCUT2D eigenvalue weighted by Crippen LogP contribution is -2.51. The van der Waals surface area contributed by atoms with Crippen molar-refractivity contribution in [2.45, 2.75) is 18.4 Å². The van der Waals surface area contributed by atoms with Crippen LogP contribution in [0, 0.1) is 0 Å². The van der Waals surface area contributed by atoms with E-state index < -0.39 is 0 Å². The molecule has 0 N–H and O–H groups in total. The Kier molecular flexibility index (Phi) is 2.58. The van der Waals surface area contributed by atoms with Gasteiger partial charge in [0.25, 0.3) is 0 Å². The molecule has 2 fully saturated rings. The highest BCUT2D eigenvalue weighted by Crippen LogP contribution is 2.42. The van der Waals surface area contributed by atoms with Gasteiger partial charge in [0.1, 0.15) is 0 Å². The zero-order chi connectivity index (χ0) is 9.31. The van der Waals surface area contributed by atoms with Crippen LogP contribution in [0.1, 0.15) is 12.8 Å². The van der Waals surface area contributed by atoms with Crippen molar-refractivity contribution < 1.29 is 4.74 Å². The molecule has 0 aromatic heterocycles. The van der Waals surface area contributed by atoms with Crippen LogP contribution in [0.4, 0.5) is 0 Å². The fourth-order valence-electron chi connectivity index (χ4n) is 2.25. The third-order valence-corrected chi connectivity index (χ3v) is 3.41. The summed E-state index contributed by atoms with van der Waals surface area (Å²) in [7, 11) is 4.02. The number of likely N-dealkylation sites (N-methyl/N-ethyl adjacent to an activating group) is 1. The maximum Gasteiger partial charge on any atom is 0.0646 e. The topological polar surface area (TPSA) is 15.7 Å². The molecule has 0 radical (unpaired) electrons. The minimum atomic E-state index is 0.440. The van der Waals surface area contributed by atoms with Gasteiger partial charge in [0, 0.05) is 38.8 Å². The fraction of sp³-hybridized carbons (Fsp3) is 1.00. The number of ether oxygens (including phenoxy) is 1. The molecule has 0 bridgehead atoms. The lowest BCUT2D eigenvalue weighted by Gasteiger charge is -2.38. The minimum Gasteiger partial charge on any atom is -0.383 e. The number of rotatable bonds is 3. The van der Waals surface area contributed by atoms with Crippen molar-refractivity contribution in [2.24, 2.45) is 0 Å². The van der Waals surface area contributed by atoms with Crippen LogP contribution in [0.5, 0.6) is 0 Å². The van der Waals surface area contributed by atoms with Gasteiger partial charge in [-0.3, -0.25) is 4.90 Å². The standard InChI is InChI=1S/C10H20N2O/c1-11-5-7-12(8-6-11)10(3-4-10)9-13-2/h3-9H2,1-2H3. The van der Waals surface area contributed by atoms with E-state index in [1.54, 1.807) is 0 Å². The van der Waals surface area contributed by atoms with Gasteiger partial charge in [-0.05, 0) is 19.9 Å². The van der Waals surface area contributed by atoms with Gasteiger partial charge < -0.3 is 9.64 Å². The first-order chi connectivity index (χ1) is 6.27. The molecule has 0 aromatic rings. The highest BCUT2D eigenvalue weighted by molar-refractivity contribution is 5.04. The number of piperazine rings is 1. The van der Waals surface area contributed by atoms with Crippen LogP contribution in [-0.2, 0) is 4.74 Å². The van der Waals surface area contributed by atoms with Gasteiger partial charge in [-0.2, -0.15) is 0 Å². The number of nitrogens with zero attached hydrogens (tertiary/aromatic N) is 2. The molecule has 2 aliphatic rings. The summed E-state index contributed by atoms with van der Waals surface area (Å²) in [6.45, 7) is 5.80. The Balaban J connectivity index is 1.87. The van der Waals surface area contributed by atoms with Gasteiger partial charge in [-0.1, -0.05) is 0 Å². The summed E-state index contributed by atoms with van der Waals surface area (Å²) < 4.78 is 5.29. The molecule has 2 rings (SSSR count). The second kappa shape index (κ2) is 3.56. The van der Waals surface area contributed by atoms with E-state index in [0.717, 1.165) is 6.61 Å². The van der Waals surface area contributed by atoms with E-state index in [4.69, 9.17) is 4.74 Å². The molecule has 1 saturated heterocycles. The molecule has 13 heavy (non-hydrogen) atoms. The molecule has 0 aromatic carbocycles. The summed E-state index contributed by atoms with van der Waals surface area (Å²) in [6, 6.07) is 0. The third kappa shape index (κ3) is 1.87. The van der Waals surface area contributed by atoms with E-state index in [2.05, 4.69) is 16.8 Å². The smallest absolute Gasteiger partial charge is 0.0646 e. The average molecular weight is 184 g/mol. The number of hydrogen-bond acceptors (Lipinski definition) is 3. The van der Waals surface area contributed by atoms with Crippen LogP contribution in [0.25, 0.3) is 0 Å². The largest absolute Gasteiger partial charge is 0.383 e. The van der Waals surface area contributed by atoms with Crippen molar-refractivity contribution in [3.63, 3.8) is 0 Å². The van der Waals surface area contributed by atoms with Crippen LogP contribution in [0.3, 0.4) is 0 Å². The monoisotopic (exact) mass is 184 g/mol. The zero-order valence-electron chi connectivity index (χ0n) is 8.75. The first-order valence-corrected chi connectivity index (χ1v) is 5.19. The summed E-state index contributed by atoms with van der Waals surface area (Å²) in [4.78, 5) is 5.02. The van der Waals surface area contributed by atoms with Gasteiger partial charge in [-0.15, -0.1) is 0 Å². The second-order valence-electron chi connectivity index (χ2n) is 4.45. The van der Waals surface area contributed by atoms with Gasteiger partial charge in [-0.25, -0.2) is 0 Å². The Hall–Kier alpha value is -0.120. The molecule has 76 valence electrons. The lowest BCUT2D eigenvalue weighted by atomic mass is 10.2. The van der Waals surface area contributed by atoms with Gasteiger partial charge >= 0.3 is 0 Å². The molecular weight excluding hydrogens is 164 g/mol. The summed E-state index contributed by atoms with van der Waals surface area (Å²) >= 11 is 0. The van der Waals surface area contributed by atoms with Gasteiger partial charge in [0.2, 0.25) is 0 Å². The summed E-state index contributed by atoms with van der Waals surface area (Å²) in [5.41, 5.74) is 0.440. The number of hydrogen-bond donors (Lipinski definition) is 0. The second-order valence-corrected chi connectivity index (χ2v) is 4.45. The Morgan fingerprint density at radius 3 is 2.23 bits per heavy atom. The predicted octanol–water partition coefficient (Wildman–Crippen LogP) is 0.413. The van der Waals surface area contributed by atoms with E-state index in [1.165, 1.54) is 39.0 Å². The molecule has 0 amide bonds. The van der Waals surface area contributed by atoms with Crippen molar-refractivity contribution in [2.75, 3.05) is 46.9 Å². The summed E-state index contributed by atoms with van der Waals surface area (Å²) in [5.74, 6) is 0. The quantitative estimate of drug-likeness (QED) is 0.632. The fourth-order valence-corrected chi connectivity index (χ4v) is 2.25. The van der Waals surface area contributed by atoms with Crippen molar-refractivity contribution in [1.82, 2.24) is 9.80 Å². The van der Waals surface area contributed by atoms with Crippen LogP contribution in [0.15, 0.2) is 0 Å². The lowest BCUT2D eigenvalue weighted by molar-refractivity contribution is 0.0429. The molecule has 3 nitrogen and oxygen atoms in total. The van der Waals surface area contributed by atoms with Gasteiger partial charge in [0.15, 0.2) is 0 Å². The molecule has 0 unspecified atom stereocenters. The van der Waals surface area contributed by atoms with Gasteiger partial charge in [0.05, 0.1) is 6.61 Å². The Morgan fingerprint density at radius 2 is 1.77 bits per heavy atom. The Labute approximate surface area is 80.6 Å². The minimum absolute atomic E-state index is 0.440. The van der Waals surface area contributed by atoms with E-state index in [-0.39, 0.29) is 0 Å². The van der Waals surface area contributed by atoms with Crippen LogP contribution in [-0.4, -0.2) is 62.3 Å². The molecule has 1 saturated carbocycles. The van der Waals surface area contributed by atoms with Crippen LogP contribution < -0.4 is 0 Å². The highest BCUT2D eigenvalue weighted by Gasteiger charge is 2.48. The third-order valence-electron chi connectivity index (χ3n) is 3.41. The molecule has 0 spiro atoms. The molecule has 1 aliphatic carbocycles. The molecule has 3 heteroatoms. The van der Waals surface area contributed by atoms with E-state index >= 15 is 0 Å². The van der Waals surface area contributed by atoms with Crippen LogP contribution >= 0.6 is 0 Å². The maximum atomic E-state index is 5.29. The van der Waals surface area contributed by atoms with Crippen molar-refractivity contribution in [3.05, 3.63) is 0 Å². The molecule has 1 heterocycles. The Morgan fingerprint density at radius 1 is 1.15 bits per heavy atom. The summed E-state index contributed by atoms with van der Waals surface area (Å²) in [5, 5.41) is 0. The summed E-state index contributed by atoms with van der Waals surface area (Å²) in [6.07, 6.45) is 2.68. The SMILES string of the molecule is COCC1(N2CCN(C)CC2)CC1. The van der Waals surface area contributed by atoms with Crippen molar-refractivity contribution >= 4 is 0 Å². The van der Waals surface area contributed by atoms with Crippen molar-refractivity contribution in [1.29, 1.82) is 0 Å². The normalized spacial score (nSPS) is 29.1. The highest BCUT2D eigenvalue weighted by atomic mass is 16.5. The Bertz CT molecular complexity index is 172. The van der Waals surface area contributed by atoms with E-state index in [0.29, 0.717) is 5.54 Å². The van der Waals surface area contributed by atoms with E-state index in [1.807, 2.05) is 7.11 Å². The zero-order valence-corrected chi connectivity index (χ0v) is 8.75.